The van der Waals surface area contributed by atoms with Gasteiger partial charge >= 0.3 is 0 Å². The summed E-state index contributed by atoms with van der Waals surface area (Å²) in [5.41, 5.74) is 1.90. The van der Waals surface area contributed by atoms with E-state index >= 15 is 0 Å². The largest absolute Gasteiger partial charge is 0.355 e. The zero-order chi connectivity index (χ0) is 19.1. The average Bonchev–Trinajstić information content (AvgIpc) is 3.35. The number of carbonyl (C=O) groups is 1. The van der Waals surface area contributed by atoms with Gasteiger partial charge in [-0.15, -0.1) is 0 Å². The van der Waals surface area contributed by atoms with Crippen molar-refractivity contribution in [3.8, 4) is 0 Å². The van der Waals surface area contributed by atoms with Gasteiger partial charge in [0.15, 0.2) is 0 Å². The Hall–Kier alpha value is -2.48. The van der Waals surface area contributed by atoms with Crippen LogP contribution < -0.4 is 10.2 Å². The van der Waals surface area contributed by atoms with Gasteiger partial charge in [0.05, 0.1) is 6.04 Å². The van der Waals surface area contributed by atoms with Crippen molar-refractivity contribution >= 4 is 11.7 Å². The van der Waals surface area contributed by atoms with E-state index in [2.05, 4.69) is 29.7 Å². The molecule has 0 saturated carbocycles. The van der Waals surface area contributed by atoms with E-state index in [1.165, 1.54) is 4.90 Å². The van der Waals surface area contributed by atoms with Crippen LogP contribution in [0.3, 0.4) is 0 Å². The first kappa shape index (κ1) is 17.9. The number of fused-ring (bicyclic) bond motifs is 1. The van der Waals surface area contributed by atoms with Crippen molar-refractivity contribution in [1.29, 1.82) is 0 Å². The number of nitrogens with zero attached hydrogens (tertiary/aromatic N) is 6. The molecule has 1 saturated heterocycles. The Morgan fingerprint density at radius 3 is 2.81 bits per heavy atom. The van der Waals surface area contributed by atoms with Crippen LogP contribution in [0.2, 0.25) is 0 Å². The van der Waals surface area contributed by atoms with Gasteiger partial charge in [-0.3, -0.25) is 4.79 Å². The third-order valence-electron chi connectivity index (χ3n) is 5.60. The van der Waals surface area contributed by atoms with Crippen molar-refractivity contribution in [2.75, 3.05) is 32.1 Å². The molecule has 0 radical (unpaired) electrons. The second-order valence-corrected chi connectivity index (χ2v) is 7.70. The fraction of sp³-hybridized carbons (Fsp3) is 0.579. The van der Waals surface area contributed by atoms with Crippen LogP contribution in [0.5, 0.6) is 0 Å². The summed E-state index contributed by atoms with van der Waals surface area (Å²) in [6.45, 7) is 6.81. The van der Waals surface area contributed by atoms with Gasteiger partial charge in [-0.2, -0.15) is 0 Å². The van der Waals surface area contributed by atoms with Gasteiger partial charge in [0.1, 0.15) is 11.6 Å². The highest BCUT2D eigenvalue weighted by Crippen LogP contribution is 2.28. The van der Waals surface area contributed by atoms with Crippen LogP contribution in [-0.2, 0) is 6.54 Å². The molecule has 2 aliphatic rings. The molecule has 144 valence electrons. The second-order valence-electron chi connectivity index (χ2n) is 7.70. The van der Waals surface area contributed by atoms with Gasteiger partial charge in [-0.1, -0.05) is 0 Å². The lowest BCUT2D eigenvalue weighted by molar-refractivity contribution is 0.0815. The monoisotopic (exact) mass is 369 g/mol. The molecule has 4 heterocycles. The molecule has 8 nitrogen and oxygen atoms in total. The van der Waals surface area contributed by atoms with Crippen molar-refractivity contribution < 1.29 is 4.79 Å². The normalized spacial score (nSPS) is 21.6. The average molecular weight is 369 g/mol. The summed E-state index contributed by atoms with van der Waals surface area (Å²) < 4.78 is 2.22. The van der Waals surface area contributed by atoms with Crippen molar-refractivity contribution in [3.63, 3.8) is 0 Å². The summed E-state index contributed by atoms with van der Waals surface area (Å²) >= 11 is 0. The molecule has 2 aromatic heterocycles. The van der Waals surface area contributed by atoms with Gasteiger partial charge < -0.3 is 19.7 Å². The Balaban J connectivity index is 1.49. The molecule has 1 fully saturated rings. The third kappa shape index (κ3) is 3.29. The molecule has 2 aliphatic heterocycles. The van der Waals surface area contributed by atoms with Crippen LogP contribution in [0, 0.1) is 13.8 Å². The summed E-state index contributed by atoms with van der Waals surface area (Å²) in [5.74, 6) is 2.13. The first-order valence-electron chi connectivity index (χ1n) is 9.53. The van der Waals surface area contributed by atoms with Crippen LogP contribution in [0.15, 0.2) is 12.4 Å². The van der Waals surface area contributed by atoms with Gasteiger partial charge in [-0.05, 0) is 26.7 Å². The molecule has 0 bridgehead atoms. The molecule has 0 spiro atoms. The van der Waals surface area contributed by atoms with Crippen molar-refractivity contribution in [3.05, 3.63) is 35.3 Å². The molecule has 1 unspecified atom stereocenters. The van der Waals surface area contributed by atoms with E-state index in [1.807, 2.05) is 26.2 Å². The van der Waals surface area contributed by atoms with Crippen LogP contribution in [0.1, 0.15) is 46.6 Å². The standard InChI is InChI=1S/C19H27N7O/c1-12-13(2)21-16(19(27)24(3)4)23-17(12)26-8-5-14(11-26)22-15-6-9-25-10-7-20-18(15)25/h7,10,14-15,22H,5-6,8-9,11H2,1-4H3/t14-,15?/m1/s1. The van der Waals surface area contributed by atoms with E-state index in [0.717, 1.165) is 55.4 Å². The third-order valence-corrected chi connectivity index (χ3v) is 5.60. The van der Waals surface area contributed by atoms with Gasteiger partial charge in [-0.25, -0.2) is 15.0 Å². The number of hydrogen-bond acceptors (Lipinski definition) is 6. The summed E-state index contributed by atoms with van der Waals surface area (Å²) in [6, 6.07) is 0.713. The minimum absolute atomic E-state index is 0.161. The van der Waals surface area contributed by atoms with E-state index in [1.54, 1.807) is 14.1 Å². The fourth-order valence-corrected chi connectivity index (χ4v) is 3.97. The lowest BCUT2D eigenvalue weighted by atomic mass is 10.2. The number of rotatable bonds is 4. The summed E-state index contributed by atoms with van der Waals surface area (Å²) in [4.78, 5) is 29.6. The Labute approximate surface area is 159 Å². The highest BCUT2D eigenvalue weighted by atomic mass is 16.2. The highest BCUT2D eigenvalue weighted by Gasteiger charge is 2.31. The molecular weight excluding hydrogens is 342 g/mol. The predicted octanol–water partition coefficient (Wildman–Crippen LogP) is 1.31. The molecule has 27 heavy (non-hydrogen) atoms. The molecule has 8 heteroatoms. The van der Waals surface area contributed by atoms with Gasteiger partial charge in [0.2, 0.25) is 5.82 Å². The number of anilines is 1. The topological polar surface area (TPSA) is 79.2 Å². The summed E-state index contributed by atoms with van der Waals surface area (Å²) in [5, 5.41) is 3.77. The van der Waals surface area contributed by atoms with E-state index < -0.39 is 0 Å². The summed E-state index contributed by atoms with van der Waals surface area (Å²) in [6.07, 6.45) is 6.07. The number of imidazole rings is 1. The van der Waals surface area contributed by atoms with Crippen LogP contribution in [0.25, 0.3) is 0 Å². The lowest BCUT2D eigenvalue weighted by Gasteiger charge is -2.23. The summed E-state index contributed by atoms with van der Waals surface area (Å²) in [7, 11) is 3.45. The minimum atomic E-state index is -0.161. The molecule has 2 aromatic rings. The molecule has 2 atom stereocenters. The maximum atomic E-state index is 12.3. The smallest absolute Gasteiger partial charge is 0.291 e. The number of aryl methyl sites for hydroxylation is 2. The quantitative estimate of drug-likeness (QED) is 0.875. The van der Waals surface area contributed by atoms with E-state index in [0.29, 0.717) is 12.1 Å². The maximum Gasteiger partial charge on any atom is 0.291 e. The van der Waals surface area contributed by atoms with Crippen LogP contribution >= 0.6 is 0 Å². The Morgan fingerprint density at radius 2 is 2.04 bits per heavy atom. The van der Waals surface area contributed by atoms with Crippen LogP contribution in [-0.4, -0.2) is 63.6 Å². The zero-order valence-corrected chi connectivity index (χ0v) is 16.4. The van der Waals surface area contributed by atoms with E-state index in [4.69, 9.17) is 0 Å². The number of amides is 1. The van der Waals surface area contributed by atoms with Crippen LogP contribution in [0.4, 0.5) is 5.82 Å². The van der Waals surface area contributed by atoms with E-state index in [9.17, 15) is 4.79 Å². The first-order chi connectivity index (χ1) is 12.9. The molecular formula is C19H27N7O. The maximum absolute atomic E-state index is 12.3. The minimum Gasteiger partial charge on any atom is -0.355 e. The molecule has 4 rings (SSSR count). The Bertz CT molecular complexity index is 860. The van der Waals surface area contributed by atoms with E-state index in [-0.39, 0.29) is 11.7 Å². The number of carbonyl (C=O) groups excluding carboxylic acids is 1. The van der Waals surface area contributed by atoms with Crippen molar-refractivity contribution in [2.24, 2.45) is 0 Å². The zero-order valence-electron chi connectivity index (χ0n) is 16.4. The number of aromatic nitrogens is 4. The Kier molecular flexibility index (Phi) is 4.59. The van der Waals surface area contributed by atoms with Crippen molar-refractivity contribution in [2.45, 2.75) is 45.3 Å². The highest BCUT2D eigenvalue weighted by molar-refractivity contribution is 5.90. The first-order valence-corrected chi connectivity index (χ1v) is 9.53. The number of nitrogens with one attached hydrogen (secondary N) is 1. The lowest BCUT2D eigenvalue weighted by Crippen LogP contribution is -2.35. The molecule has 1 N–H and O–H groups in total. The SMILES string of the molecule is Cc1nc(C(=O)N(C)C)nc(N2CC[C@@H](NC3CCn4ccnc43)C2)c1C. The van der Waals surface area contributed by atoms with Crippen molar-refractivity contribution in [1.82, 2.24) is 29.7 Å². The molecule has 0 aromatic carbocycles. The fourth-order valence-electron chi connectivity index (χ4n) is 3.97. The number of hydrogen-bond donors (Lipinski definition) is 1. The van der Waals surface area contributed by atoms with Gasteiger partial charge in [0, 0.05) is 63.4 Å². The Morgan fingerprint density at radius 1 is 1.22 bits per heavy atom. The molecule has 1 amide bonds. The predicted molar refractivity (Wildman–Crippen MR) is 103 cm³/mol. The second kappa shape index (κ2) is 6.92. The molecule has 0 aliphatic carbocycles. The van der Waals surface area contributed by atoms with Gasteiger partial charge in [0.25, 0.3) is 5.91 Å².